The first-order valence-corrected chi connectivity index (χ1v) is 8.00. The average Bonchev–Trinajstić information content (AvgIpc) is 2.97. The number of rotatable bonds is 3. The molecule has 1 aromatic carbocycles. The Morgan fingerprint density at radius 2 is 2.19 bits per heavy atom. The Balaban J connectivity index is 1.94. The summed E-state index contributed by atoms with van der Waals surface area (Å²) >= 11 is 8.05. The van der Waals surface area contributed by atoms with Crippen molar-refractivity contribution in [1.82, 2.24) is 10.3 Å². The monoisotopic (exact) mass is 321 g/mol. The smallest absolute Gasteiger partial charge is 0.255 e. The van der Waals surface area contributed by atoms with Gasteiger partial charge in [-0.25, -0.2) is 5.84 Å². The summed E-state index contributed by atoms with van der Waals surface area (Å²) in [7, 11) is 0. The zero-order valence-corrected chi connectivity index (χ0v) is 13.0. The summed E-state index contributed by atoms with van der Waals surface area (Å²) in [5.74, 6) is 5.14. The van der Waals surface area contributed by atoms with Crippen molar-refractivity contribution in [1.29, 1.82) is 0 Å². The van der Waals surface area contributed by atoms with Gasteiger partial charge in [-0.1, -0.05) is 29.8 Å². The number of fused-ring (bicyclic) bond motifs is 1. The highest BCUT2D eigenvalue weighted by Gasteiger charge is 2.31. The number of nitrogens with one attached hydrogen (secondary N) is 1. The number of benzene rings is 1. The summed E-state index contributed by atoms with van der Waals surface area (Å²) < 4.78 is 0. The van der Waals surface area contributed by atoms with Gasteiger partial charge in [0.1, 0.15) is 6.04 Å². The average molecular weight is 322 g/mol. The normalized spacial score (nSPS) is 16.3. The Bertz CT molecular complexity index is 658. The summed E-state index contributed by atoms with van der Waals surface area (Å²) in [4.78, 5) is 15.8. The van der Waals surface area contributed by atoms with Crippen molar-refractivity contribution in [2.24, 2.45) is 5.84 Å². The van der Waals surface area contributed by atoms with E-state index >= 15 is 0 Å². The Labute approximate surface area is 132 Å². The number of amides is 1. The van der Waals surface area contributed by atoms with Gasteiger partial charge < -0.3 is 0 Å². The molecule has 0 spiro atoms. The third-order valence-electron chi connectivity index (χ3n) is 3.79. The van der Waals surface area contributed by atoms with E-state index < -0.39 is 6.04 Å². The first-order chi connectivity index (χ1) is 10.2. The van der Waals surface area contributed by atoms with Gasteiger partial charge in [0.15, 0.2) is 0 Å². The molecule has 1 aliphatic rings. The molecule has 6 heteroatoms. The number of hydrazine groups is 1. The Morgan fingerprint density at radius 1 is 1.38 bits per heavy atom. The second-order valence-corrected chi connectivity index (χ2v) is 6.43. The van der Waals surface area contributed by atoms with Crippen LogP contribution in [-0.2, 0) is 17.8 Å². The van der Waals surface area contributed by atoms with Crippen molar-refractivity contribution in [2.75, 3.05) is 6.54 Å². The summed E-state index contributed by atoms with van der Waals surface area (Å²) in [6.07, 6.45) is 0.950. The van der Waals surface area contributed by atoms with Gasteiger partial charge in [-0.05, 0) is 35.1 Å². The number of carbonyl (C=O) groups is 1. The molecular formula is C15H16ClN3OS. The van der Waals surface area contributed by atoms with Crippen LogP contribution in [-0.4, -0.2) is 17.4 Å². The van der Waals surface area contributed by atoms with E-state index in [1.54, 1.807) is 17.4 Å². The molecular weight excluding hydrogens is 306 g/mol. The molecule has 0 fully saturated rings. The number of hydrogen-bond donors (Lipinski definition) is 2. The minimum absolute atomic E-state index is 0.234. The Hall–Kier alpha value is -1.40. The summed E-state index contributed by atoms with van der Waals surface area (Å²) in [6.45, 7) is 1.55. The molecule has 2 heterocycles. The molecule has 1 unspecified atom stereocenters. The summed E-state index contributed by atoms with van der Waals surface area (Å²) in [5.41, 5.74) is 4.35. The van der Waals surface area contributed by atoms with Gasteiger partial charge >= 0.3 is 0 Å². The number of thiophene rings is 1. The molecule has 0 saturated carbocycles. The van der Waals surface area contributed by atoms with E-state index in [1.807, 2.05) is 18.2 Å². The highest BCUT2D eigenvalue weighted by molar-refractivity contribution is 7.10. The number of nitrogens with zero attached hydrogens (tertiary/aromatic N) is 1. The van der Waals surface area contributed by atoms with Gasteiger partial charge in [0, 0.05) is 23.0 Å². The van der Waals surface area contributed by atoms with Crippen LogP contribution in [0.1, 0.15) is 22.0 Å². The molecule has 0 bridgehead atoms. The van der Waals surface area contributed by atoms with Crippen LogP contribution in [0.4, 0.5) is 0 Å². The quantitative estimate of drug-likeness (QED) is 0.519. The molecule has 21 heavy (non-hydrogen) atoms. The molecule has 0 radical (unpaired) electrons. The zero-order chi connectivity index (χ0) is 14.8. The molecule has 0 saturated heterocycles. The van der Waals surface area contributed by atoms with Crippen LogP contribution in [0, 0.1) is 0 Å². The fourth-order valence-corrected chi connectivity index (χ4v) is 3.90. The Morgan fingerprint density at radius 3 is 2.95 bits per heavy atom. The topological polar surface area (TPSA) is 58.4 Å². The minimum atomic E-state index is -0.461. The fourth-order valence-electron chi connectivity index (χ4n) is 2.77. The lowest BCUT2D eigenvalue weighted by molar-refractivity contribution is -0.127. The van der Waals surface area contributed by atoms with E-state index in [9.17, 15) is 4.79 Å². The van der Waals surface area contributed by atoms with E-state index in [2.05, 4.69) is 21.8 Å². The second-order valence-electron chi connectivity index (χ2n) is 5.02. The Kier molecular flexibility index (Phi) is 4.26. The van der Waals surface area contributed by atoms with Crippen LogP contribution in [0.5, 0.6) is 0 Å². The SMILES string of the molecule is NNC(=O)C(c1ccccc1Cl)N1CCc2sccc2C1. The van der Waals surface area contributed by atoms with Crippen LogP contribution in [0.3, 0.4) is 0 Å². The van der Waals surface area contributed by atoms with Crippen molar-refractivity contribution in [2.45, 2.75) is 19.0 Å². The first kappa shape index (κ1) is 14.5. The fraction of sp³-hybridized carbons (Fsp3) is 0.267. The largest absolute Gasteiger partial charge is 0.293 e. The number of halogens is 1. The van der Waals surface area contributed by atoms with Crippen LogP contribution in [0.15, 0.2) is 35.7 Å². The van der Waals surface area contributed by atoms with Crippen molar-refractivity contribution in [3.8, 4) is 0 Å². The van der Waals surface area contributed by atoms with Crippen molar-refractivity contribution in [3.05, 3.63) is 56.7 Å². The number of nitrogens with two attached hydrogens (primary N) is 1. The highest BCUT2D eigenvalue weighted by atomic mass is 35.5. The van der Waals surface area contributed by atoms with E-state index in [-0.39, 0.29) is 5.91 Å². The molecule has 1 aliphatic heterocycles. The van der Waals surface area contributed by atoms with Crippen LogP contribution < -0.4 is 11.3 Å². The number of carbonyl (C=O) groups excluding carboxylic acids is 1. The maximum Gasteiger partial charge on any atom is 0.255 e. The lowest BCUT2D eigenvalue weighted by Gasteiger charge is -2.33. The number of hydrogen-bond acceptors (Lipinski definition) is 4. The summed E-state index contributed by atoms with van der Waals surface area (Å²) in [5, 5.41) is 2.68. The van der Waals surface area contributed by atoms with Crippen LogP contribution in [0.25, 0.3) is 0 Å². The predicted octanol–water partition coefficient (Wildman–Crippen LogP) is 2.49. The van der Waals surface area contributed by atoms with E-state index in [4.69, 9.17) is 17.4 Å². The van der Waals surface area contributed by atoms with Crippen molar-refractivity contribution in [3.63, 3.8) is 0 Å². The molecule has 0 aliphatic carbocycles. The maximum absolute atomic E-state index is 12.3. The van der Waals surface area contributed by atoms with E-state index in [0.29, 0.717) is 5.02 Å². The second kappa shape index (κ2) is 6.15. The molecule has 3 N–H and O–H groups in total. The van der Waals surface area contributed by atoms with Gasteiger partial charge in [-0.15, -0.1) is 11.3 Å². The molecule has 3 rings (SSSR count). The predicted molar refractivity (Wildman–Crippen MR) is 85.0 cm³/mol. The lowest BCUT2D eigenvalue weighted by Crippen LogP contribution is -2.45. The molecule has 1 aromatic heterocycles. The zero-order valence-electron chi connectivity index (χ0n) is 11.4. The van der Waals surface area contributed by atoms with E-state index in [1.165, 1.54) is 10.4 Å². The molecule has 4 nitrogen and oxygen atoms in total. The molecule has 1 atom stereocenters. The molecule has 110 valence electrons. The summed E-state index contributed by atoms with van der Waals surface area (Å²) in [6, 6.07) is 9.08. The lowest BCUT2D eigenvalue weighted by atomic mass is 10.0. The van der Waals surface area contributed by atoms with Crippen LogP contribution in [0.2, 0.25) is 5.02 Å². The van der Waals surface area contributed by atoms with Crippen LogP contribution >= 0.6 is 22.9 Å². The maximum atomic E-state index is 12.3. The molecule has 1 amide bonds. The van der Waals surface area contributed by atoms with Crippen molar-refractivity contribution < 1.29 is 4.79 Å². The first-order valence-electron chi connectivity index (χ1n) is 6.75. The van der Waals surface area contributed by atoms with Gasteiger partial charge in [0.2, 0.25) is 0 Å². The third kappa shape index (κ3) is 2.82. The van der Waals surface area contributed by atoms with Gasteiger partial charge in [-0.2, -0.15) is 0 Å². The minimum Gasteiger partial charge on any atom is -0.293 e. The van der Waals surface area contributed by atoms with Gasteiger partial charge in [-0.3, -0.25) is 15.1 Å². The third-order valence-corrected chi connectivity index (χ3v) is 5.16. The molecule has 2 aromatic rings. The standard InChI is InChI=1S/C15H16ClN3OS/c16-12-4-2-1-3-11(12)14(15(20)18-17)19-7-5-13-10(9-19)6-8-21-13/h1-4,6,8,14H,5,7,9,17H2,(H,18,20). The van der Waals surface area contributed by atoms with Gasteiger partial charge in [0.25, 0.3) is 5.91 Å². The van der Waals surface area contributed by atoms with Crippen molar-refractivity contribution >= 4 is 28.8 Å². The van der Waals surface area contributed by atoms with Gasteiger partial charge in [0.05, 0.1) is 0 Å². The van der Waals surface area contributed by atoms with E-state index in [0.717, 1.165) is 25.1 Å². The highest BCUT2D eigenvalue weighted by Crippen LogP contribution is 2.33.